The molecule has 1 aromatic heterocycles. The van der Waals surface area contributed by atoms with Gasteiger partial charge in [0.15, 0.2) is 0 Å². The summed E-state index contributed by atoms with van der Waals surface area (Å²) in [4.78, 5) is 21.1. The molecule has 5 nitrogen and oxygen atoms in total. The number of carbonyl (C=O) groups excluding carboxylic acids is 1. The Morgan fingerprint density at radius 2 is 1.89 bits per heavy atom. The highest BCUT2D eigenvalue weighted by atomic mass is 19.1. The first-order valence-corrected chi connectivity index (χ1v) is 8.82. The number of likely N-dealkylation sites (tertiary alicyclic amines) is 1. The third kappa shape index (κ3) is 3.55. The van der Waals surface area contributed by atoms with Crippen molar-refractivity contribution in [2.24, 2.45) is 0 Å². The van der Waals surface area contributed by atoms with Crippen LogP contribution in [-0.2, 0) is 6.42 Å². The topological polar surface area (TPSA) is 69.2 Å². The van der Waals surface area contributed by atoms with Crippen molar-refractivity contribution in [2.45, 2.75) is 24.9 Å². The minimum absolute atomic E-state index is 0.0152. The van der Waals surface area contributed by atoms with Gasteiger partial charge in [-0.1, -0.05) is 12.1 Å². The van der Waals surface area contributed by atoms with E-state index in [1.54, 1.807) is 17.0 Å². The summed E-state index contributed by atoms with van der Waals surface area (Å²) in [5.74, 6) is -1.31. The van der Waals surface area contributed by atoms with Crippen LogP contribution in [-0.4, -0.2) is 44.6 Å². The molecule has 2 heterocycles. The Balaban J connectivity index is 1.45. The molecule has 1 saturated heterocycles. The van der Waals surface area contributed by atoms with Crippen molar-refractivity contribution in [1.29, 1.82) is 0 Å². The summed E-state index contributed by atoms with van der Waals surface area (Å²) < 4.78 is 27.3. The zero-order valence-corrected chi connectivity index (χ0v) is 14.6. The number of imidazole rings is 1. The number of hydrogen-bond acceptors (Lipinski definition) is 3. The van der Waals surface area contributed by atoms with E-state index in [9.17, 15) is 18.7 Å². The summed E-state index contributed by atoms with van der Waals surface area (Å²) in [6.07, 6.45) is 2.60. The molecular weight excluding hydrogens is 352 g/mol. The number of amides is 1. The predicted molar refractivity (Wildman–Crippen MR) is 96.2 cm³/mol. The number of aliphatic hydroxyl groups is 1. The standard InChI is InChI=1S/C20H19F2N3O2/c21-14-3-1-13(2-4-14)11-20(27)5-7-25(8-6-20)19(26)15-9-17-18(10-16(15)22)24-12-23-17/h1-4,9-10,12,27H,5-8,11H2,(H,23,24). The minimum atomic E-state index is -0.959. The zero-order valence-electron chi connectivity index (χ0n) is 14.6. The molecule has 0 unspecified atom stereocenters. The second-order valence-electron chi connectivity index (χ2n) is 7.07. The lowest BCUT2D eigenvalue weighted by Crippen LogP contribution is -2.47. The Morgan fingerprint density at radius 3 is 2.59 bits per heavy atom. The lowest BCUT2D eigenvalue weighted by molar-refractivity contribution is -0.0163. The molecule has 1 aliphatic heterocycles. The number of hydrogen-bond donors (Lipinski definition) is 2. The summed E-state index contributed by atoms with van der Waals surface area (Å²) in [5.41, 5.74) is 0.937. The summed E-state index contributed by atoms with van der Waals surface area (Å²) >= 11 is 0. The molecule has 7 heteroatoms. The number of H-pyrrole nitrogens is 1. The van der Waals surface area contributed by atoms with Crippen LogP contribution in [0.25, 0.3) is 11.0 Å². The molecule has 0 aliphatic carbocycles. The molecule has 0 atom stereocenters. The molecule has 0 spiro atoms. The first-order valence-electron chi connectivity index (χ1n) is 8.82. The molecule has 27 heavy (non-hydrogen) atoms. The number of benzene rings is 2. The Labute approximate surface area is 154 Å². The van der Waals surface area contributed by atoms with Gasteiger partial charge in [-0.15, -0.1) is 0 Å². The van der Waals surface area contributed by atoms with Crippen LogP contribution in [0.4, 0.5) is 8.78 Å². The molecule has 2 aromatic carbocycles. The quantitative estimate of drug-likeness (QED) is 0.744. The van der Waals surface area contributed by atoms with Crippen LogP contribution in [0.3, 0.4) is 0 Å². The Kier molecular flexibility index (Phi) is 4.39. The summed E-state index contributed by atoms with van der Waals surface area (Å²) in [6.45, 7) is 0.656. The van der Waals surface area contributed by atoms with Gasteiger partial charge in [-0.05, 0) is 36.6 Å². The van der Waals surface area contributed by atoms with Crippen LogP contribution in [0.1, 0.15) is 28.8 Å². The van der Waals surface area contributed by atoms with Gasteiger partial charge in [0.1, 0.15) is 11.6 Å². The average molecular weight is 371 g/mol. The van der Waals surface area contributed by atoms with Crippen LogP contribution in [0.2, 0.25) is 0 Å². The summed E-state index contributed by atoms with van der Waals surface area (Å²) in [5, 5.41) is 10.8. The van der Waals surface area contributed by atoms with E-state index in [0.717, 1.165) is 5.56 Å². The number of halogens is 2. The molecule has 3 aromatic rings. The van der Waals surface area contributed by atoms with Crippen molar-refractivity contribution in [3.8, 4) is 0 Å². The van der Waals surface area contributed by atoms with Gasteiger partial charge >= 0.3 is 0 Å². The third-order valence-corrected chi connectivity index (χ3v) is 5.17. The largest absolute Gasteiger partial charge is 0.389 e. The highest BCUT2D eigenvalue weighted by Gasteiger charge is 2.35. The highest BCUT2D eigenvalue weighted by Crippen LogP contribution is 2.28. The number of rotatable bonds is 3. The van der Waals surface area contributed by atoms with E-state index in [2.05, 4.69) is 9.97 Å². The van der Waals surface area contributed by atoms with Gasteiger partial charge in [0.25, 0.3) is 5.91 Å². The van der Waals surface area contributed by atoms with Crippen molar-refractivity contribution in [3.05, 3.63) is 65.5 Å². The zero-order chi connectivity index (χ0) is 19.0. The van der Waals surface area contributed by atoms with E-state index in [0.29, 0.717) is 43.4 Å². The van der Waals surface area contributed by atoms with Crippen molar-refractivity contribution in [1.82, 2.24) is 14.9 Å². The Morgan fingerprint density at radius 1 is 1.19 bits per heavy atom. The first kappa shape index (κ1) is 17.6. The molecule has 1 aliphatic rings. The number of nitrogens with zero attached hydrogens (tertiary/aromatic N) is 2. The Hall–Kier alpha value is -2.80. The lowest BCUT2D eigenvalue weighted by atomic mass is 9.85. The smallest absolute Gasteiger partial charge is 0.256 e. The Bertz CT molecular complexity index is 977. The average Bonchev–Trinajstić information content (AvgIpc) is 3.10. The van der Waals surface area contributed by atoms with Gasteiger partial charge in [-0.2, -0.15) is 0 Å². The molecule has 0 saturated carbocycles. The van der Waals surface area contributed by atoms with Gasteiger partial charge in [-0.3, -0.25) is 4.79 Å². The second kappa shape index (κ2) is 6.74. The van der Waals surface area contributed by atoms with Gasteiger partial charge in [0.05, 0.1) is 28.5 Å². The van der Waals surface area contributed by atoms with E-state index in [1.807, 2.05) is 0 Å². The van der Waals surface area contributed by atoms with E-state index < -0.39 is 17.3 Å². The fourth-order valence-corrected chi connectivity index (χ4v) is 3.57. The fourth-order valence-electron chi connectivity index (χ4n) is 3.57. The van der Waals surface area contributed by atoms with E-state index >= 15 is 0 Å². The summed E-state index contributed by atoms with van der Waals surface area (Å²) in [6, 6.07) is 8.75. The predicted octanol–water partition coefficient (Wildman–Crippen LogP) is 3.05. The number of fused-ring (bicyclic) bond motifs is 1. The van der Waals surface area contributed by atoms with Crippen molar-refractivity contribution < 1.29 is 18.7 Å². The van der Waals surface area contributed by atoms with Crippen LogP contribution in [0, 0.1) is 11.6 Å². The number of piperidine rings is 1. The molecule has 2 N–H and O–H groups in total. The SMILES string of the molecule is O=C(c1cc2nc[nH]c2cc1F)N1CCC(O)(Cc2ccc(F)cc2)CC1. The normalized spacial score (nSPS) is 16.6. The second-order valence-corrected chi connectivity index (χ2v) is 7.07. The van der Waals surface area contributed by atoms with Crippen LogP contribution in [0.15, 0.2) is 42.7 Å². The molecule has 0 radical (unpaired) electrons. The van der Waals surface area contributed by atoms with E-state index in [4.69, 9.17) is 0 Å². The monoisotopic (exact) mass is 371 g/mol. The van der Waals surface area contributed by atoms with E-state index in [1.165, 1.54) is 30.6 Å². The number of carbonyl (C=O) groups is 1. The van der Waals surface area contributed by atoms with Crippen molar-refractivity contribution >= 4 is 16.9 Å². The molecular formula is C20H19F2N3O2. The number of aromatic amines is 1. The van der Waals surface area contributed by atoms with Gasteiger partial charge < -0.3 is 15.0 Å². The maximum atomic E-state index is 14.3. The maximum absolute atomic E-state index is 14.3. The van der Waals surface area contributed by atoms with Gasteiger partial charge in [0.2, 0.25) is 0 Å². The van der Waals surface area contributed by atoms with Crippen molar-refractivity contribution in [3.63, 3.8) is 0 Å². The van der Waals surface area contributed by atoms with Crippen LogP contribution >= 0.6 is 0 Å². The molecule has 1 amide bonds. The molecule has 4 rings (SSSR count). The molecule has 1 fully saturated rings. The summed E-state index contributed by atoms with van der Waals surface area (Å²) in [7, 11) is 0. The maximum Gasteiger partial charge on any atom is 0.256 e. The third-order valence-electron chi connectivity index (χ3n) is 5.17. The highest BCUT2D eigenvalue weighted by molar-refractivity contribution is 5.97. The minimum Gasteiger partial charge on any atom is -0.389 e. The molecule has 0 bridgehead atoms. The van der Waals surface area contributed by atoms with Crippen LogP contribution < -0.4 is 0 Å². The first-order chi connectivity index (χ1) is 12.9. The van der Waals surface area contributed by atoms with E-state index in [-0.39, 0.29) is 11.4 Å². The lowest BCUT2D eigenvalue weighted by Gasteiger charge is -2.38. The molecule has 140 valence electrons. The van der Waals surface area contributed by atoms with Gasteiger partial charge in [0, 0.05) is 25.6 Å². The van der Waals surface area contributed by atoms with Crippen LogP contribution in [0.5, 0.6) is 0 Å². The fraction of sp³-hybridized carbons (Fsp3) is 0.300. The number of nitrogens with one attached hydrogen (secondary N) is 1. The van der Waals surface area contributed by atoms with Gasteiger partial charge in [-0.25, -0.2) is 13.8 Å². The van der Waals surface area contributed by atoms with Crippen molar-refractivity contribution in [2.75, 3.05) is 13.1 Å². The number of aromatic nitrogens is 2.